The summed E-state index contributed by atoms with van der Waals surface area (Å²) in [6.07, 6.45) is 6.14. The van der Waals surface area contributed by atoms with Gasteiger partial charge in [-0.15, -0.1) is 6.42 Å². The van der Waals surface area contributed by atoms with Gasteiger partial charge in [0.2, 0.25) is 5.91 Å². The van der Waals surface area contributed by atoms with Crippen molar-refractivity contribution in [3.63, 3.8) is 0 Å². The predicted molar refractivity (Wildman–Crippen MR) is 95.7 cm³/mol. The fourth-order valence-electron chi connectivity index (χ4n) is 2.24. The summed E-state index contributed by atoms with van der Waals surface area (Å²) < 4.78 is 0. The summed E-state index contributed by atoms with van der Waals surface area (Å²) in [5.74, 6) is 1.92. The standard InChI is InChI=1S/C20H20N2O2/c1-3-14-21-20(24)17-6-4-5-7-18(17)22-19(23)13-12-16-10-8-15(2)9-11-16/h1,4-11H,12-14H2,2H3,(H,21,24)(H,22,23). The average molecular weight is 320 g/mol. The van der Waals surface area contributed by atoms with E-state index in [-0.39, 0.29) is 18.4 Å². The Labute approximate surface area is 142 Å². The van der Waals surface area contributed by atoms with Crippen molar-refractivity contribution in [1.29, 1.82) is 0 Å². The number of carbonyl (C=O) groups is 2. The largest absolute Gasteiger partial charge is 0.341 e. The lowest BCUT2D eigenvalue weighted by Gasteiger charge is -2.10. The van der Waals surface area contributed by atoms with Gasteiger partial charge in [-0.3, -0.25) is 9.59 Å². The van der Waals surface area contributed by atoms with Crippen LogP contribution in [-0.4, -0.2) is 18.4 Å². The molecule has 0 radical (unpaired) electrons. The molecule has 0 aliphatic rings. The molecular weight excluding hydrogens is 300 g/mol. The van der Waals surface area contributed by atoms with Crippen LogP contribution in [0.3, 0.4) is 0 Å². The number of terminal acetylenes is 1. The van der Waals surface area contributed by atoms with E-state index in [9.17, 15) is 9.59 Å². The van der Waals surface area contributed by atoms with E-state index < -0.39 is 0 Å². The summed E-state index contributed by atoms with van der Waals surface area (Å²) in [5.41, 5.74) is 3.18. The van der Waals surface area contributed by atoms with Crippen molar-refractivity contribution in [2.24, 2.45) is 0 Å². The average Bonchev–Trinajstić information content (AvgIpc) is 2.59. The van der Waals surface area contributed by atoms with Crippen LogP contribution >= 0.6 is 0 Å². The number of nitrogens with one attached hydrogen (secondary N) is 2. The number of hydrogen-bond acceptors (Lipinski definition) is 2. The van der Waals surface area contributed by atoms with Crippen LogP contribution in [0.1, 0.15) is 27.9 Å². The van der Waals surface area contributed by atoms with Gasteiger partial charge in [0.05, 0.1) is 17.8 Å². The summed E-state index contributed by atoms with van der Waals surface area (Å²) in [7, 11) is 0. The minimum atomic E-state index is -0.303. The SMILES string of the molecule is C#CCNC(=O)c1ccccc1NC(=O)CCc1ccc(C)cc1. The number of amides is 2. The van der Waals surface area contributed by atoms with Crippen LogP contribution in [0.15, 0.2) is 48.5 Å². The number of para-hydroxylation sites is 1. The highest BCUT2D eigenvalue weighted by atomic mass is 16.2. The fraction of sp³-hybridized carbons (Fsp3) is 0.200. The first kappa shape index (κ1) is 17.3. The molecule has 0 heterocycles. The lowest BCUT2D eigenvalue weighted by molar-refractivity contribution is -0.116. The van der Waals surface area contributed by atoms with Gasteiger partial charge in [-0.25, -0.2) is 0 Å². The molecule has 0 fully saturated rings. The van der Waals surface area contributed by atoms with E-state index in [2.05, 4.69) is 16.6 Å². The Kier molecular flexibility index (Phi) is 6.16. The summed E-state index contributed by atoms with van der Waals surface area (Å²) in [6, 6.07) is 15.0. The van der Waals surface area contributed by atoms with E-state index >= 15 is 0 Å². The first-order valence-corrected chi connectivity index (χ1v) is 7.76. The normalized spacial score (nSPS) is 9.83. The van der Waals surface area contributed by atoms with Crippen LogP contribution in [0.25, 0.3) is 0 Å². The quantitative estimate of drug-likeness (QED) is 0.804. The van der Waals surface area contributed by atoms with Crippen molar-refractivity contribution >= 4 is 17.5 Å². The highest BCUT2D eigenvalue weighted by Gasteiger charge is 2.12. The Bertz CT molecular complexity index is 758. The van der Waals surface area contributed by atoms with Crippen LogP contribution in [0.5, 0.6) is 0 Å². The summed E-state index contributed by atoms with van der Waals surface area (Å²) in [6.45, 7) is 2.17. The number of anilines is 1. The Morgan fingerprint density at radius 1 is 1.08 bits per heavy atom. The molecule has 2 amide bonds. The zero-order valence-electron chi connectivity index (χ0n) is 13.6. The van der Waals surface area contributed by atoms with E-state index in [0.717, 1.165) is 5.56 Å². The Balaban J connectivity index is 1.97. The van der Waals surface area contributed by atoms with Crippen LogP contribution in [0.4, 0.5) is 5.69 Å². The van der Waals surface area contributed by atoms with Gasteiger partial charge in [0.1, 0.15) is 0 Å². The van der Waals surface area contributed by atoms with E-state index in [4.69, 9.17) is 6.42 Å². The molecule has 2 rings (SSSR count). The first-order valence-electron chi connectivity index (χ1n) is 7.76. The van der Waals surface area contributed by atoms with Gasteiger partial charge in [-0.05, 0) is 31.0 Å². The minimum Gasteiger partial charge on any atom is -0.341 e. The number of hydrogen-bond donors (Lipinski definition) is 2. The van der Waals surface area contributed by atoms with Gasteiger partial charge in [0, 0.05) is 6.42 Å². The van der Waals surface area contributed by atoms with Crippen molar-refractivity contribution in [1.82, 2.24) is 5.32 Å². The Hall–Kier alpha value is -3.06. The molecule has 2 aromatic rings. The van der Waals surface area contributed by atoms with E-state index in [1.165, 1.54) is 5.56 Å². The van der Waals surface area contributed by atoms with E-state index in [1.807, 2.05) is 31.2 Å². The highest BCUT2D eigenvalue weighted by Crippen LogP contribution is 2.15. The van der Waals surface area contributed by atoms with Gasteiger partial charge in [0.15, 0.2) is 0 Å². The van der Waals surface area contributed by atoms with Gasteiger partial charge < -0.3 is 10.6 Å². The van der Waals surface area contributed by atoms with Gasteiger partial charge >= 0.3 is 0 Å². The molecule has 0 saturated carbocycles. The smallest absolute Gasteiger partial charge is 0.254 e. The number of rotatable bonds is 6. The third kappa shape index (κ3) is 4.99. The summed E-state index contributed by atoms with van der Waals surface area (Å²) >= 11 is 0. The van der Waals surface area contributed by atoms with Crippen molar-refractivity contribution in [3.8, 4) is 12.3 Å². The topological polar surface area (TPSA) is 58.2 Å². The molecule has 24 heavy (non-hydrogen) atoms. The van der Waals surface area contributed by atoms with Gasteiger partial charge in [-0.2, -0.15) is 0 Å². The fourth-order valence-corrected chi connectivity index (χ4v) is 2.24. The van der Waals surface area contributed by atoms with Gasteiger partial charge in [-0.1, -0.05) is 47.9 Å². The molecule has 4 heteroatoms. The molecule has 0 unspecified atom stereocenters. The summed E-state index contributed by atoms with van der Waals surface area (Å²) in [4.78, 5) is 24.2. The van der Waals surface area contributed by atoms with Crippen molar-refractivity contribution < 1.29 is 9.59 Å². The molecule has 0 saturated heterocycles. The highest BCUT2D eigenvalue weighted by molar-refractivity contribution is 6.03. The van der Waals surface area contributed by atoms with Crippen molar-refractivity contribution in [3.05, 3.63) is 65.2 Å². The minimum absolute atomic E-state index is 0.132. The zero-order chi connectivity index (χ0) is 17.4. The molecule has 0 spiro atoms. The van der Waals surface area contributed by atoms with Crippen molar-refractivity contribution in [2.45, 2.75) is 19.8 Å². The zero-order valence-corrected chi connectivity index (χ0v) is 13.6. The predicted octanol–water partition coefficient (Wildman–Crippen LogP) is 2.93. The molecule has 0 bridgehead atoms. The molecule has 122 valence electrons. The maximum absolute atomic E-state index is 12.2. The van der Waals surface area contributed by atoms with Crippen molar-refractivity contribution in [2.75, 3.05) is 11.9 Å². The second-order valence-electron chi connectivity index (χ2n) is 5.47. The number of aryl methyl sites for hydroxylation is 2. The first-order chi connectivity index (χ1) is 11.6. The lowest BCUT2D eigenvalue weighted by atomic mass is 10.1. The molecule has 0 atom stereocenters. The van der Waals surface area contributed by atoms with Crippen LogP contribution in [0.2, 0.25) is 0 Å². The second-order valence-corrected chi connectivity index (χ2v) is 5.47. The lowest BCUT2D eigenvalue weighted by Crippen LogP contribution is -2.25. The maximum Gasteiger partial charge on any atom is 0.254 e. The molecule has 0 aliphatic carbocycles. The van der Waals surface area contributed by atoms with Gasteiger partial charge in [0.25, 0.3) is 5.91 Å². The maximum atomic E-state index is 12.2. The number of carbonyl (C=O) groups excluding carboxylic acids is 2. The molecule has 2 aromatic carbocycles. The third-order valence-electron chi connectivity index (χ3n) is 3.56. The van der Waals surface area contributed by atoms with E-state index in [0.29, 0.717) is 24.1 Å². The Morgan fingerprint density at radius 3 is 2.50 bits per heavy atom. The van der Waals surface area contributed by atoms with E-state index in [1.54, 1.807) is 24.3 Å². The monoisotopic (exact) mass is 320 g/mol. The van der Waals surface area contributed by atoms with Crippen LogP contribution in [0, 0.1) is 19.3 Å². The molecule has 0 aliphatic heterocycles. The summed E-state index contributed by atoms with van der Waals surface area (Å²) in [5, 5.41) is 5.40. The Morgan fingerprint density at radius 2 is 1.79 bits per heavy atom. The van der Waals surface area contributed by atoms with Crippen LogP contribution < -0.4 is 10.6 Å². The molecule has 0 aromatic heterocycles. The second kappa shape index (κ2) is 8.54. The molecule has 4 nitrogen and oxygen atoms in total. The molecular formula is C20H20N2O2. The number of benzene rings is 2. The van der Waals surface area contributed by atoms with Crippen LogP contribution in [-0.2, 0) is 11.2 Å². The molecule has 2 N–H and O–H groups in total. The third-order valence-corrected chi connectivity index (χ3v) is 3.56.